The molecule has 3 aromatic rings. The van der Waals surface area contributed by atoms with E-state index >= 15 is 0 Å². The number of hydrogen-bond donors (Lipinski definition) is 2. The number of ketones is 1. The van der Waals surface area contributed by atoms with Crippen LogP contribution in [-0.4, -0.2) is 15.6 Å². The van der Waals surface area contributed by atoms with Crippen molar-refractivity contribution >= 4 is 28.9 Å². The molecule has 0 aliphatic carbocycles. The van der Waals surface area contributed by atoms with E-state index in [1.807, 2.05) is 26.0 Å². The second kappa shape index (κ2) is 6.02. The van der Waals surface area contributed by atoms with E-state index in [1.165, 1.54) is 4.68 Å². The van der Waals surface area contributed by atoms with Gasteiger partial charge in [-0.15, -0.1) is 0 Å². The highest BCUT2D eigenvalue weighted by molar-refractivity contribution is 6.30. The third-order valence-corrected chi connectivity index (χ3v) is 4.27. The van der Waals surface area contributed by atoms with Crippen LogP contribution >= 0.6 is 11.6 Å². The highest BCUT2D eigenvalue weighted by atomic mass is 35.5. The molecule has 0 atom stereocenters. The third kappa shape index (κ3) is 2.74. The van der Waals surface area contributed by atoms with E-state index in [0.717, 1.165) is 11.1 Å². The van der Waals surface area contributed by atoms with E-state index in [-0.39, 0.29) is 23.0 Å². The molecule has 0 aliphatic rings. The summed E-state index contributed by atoms with van der Waals surface area (Å²) in [4.78, 5) is 12.7. The summed E-state index contributed by atoms with van der Waals surface area (Å²) in [7, 11) is 0. The molecular formula is C18H17ClN4O. The molecule has 0 radical (unpaired) electrons. The van der Waals surface area contributed by atoms with Crippen molar-refractivity contribution in [3.05, 3.63) is 69.9 Å². The smallest absolute Gasteiger partial charge is 0.215 e. The molecule has 4 N–H and O–H groups in total. The quantitative estimate of drug-likeness (QED) is 0.714. The van der Waals surface area contributed by atoms with E-state index in [4.69, 9.17) is 23.1 Å². The van der Waals surface area contributed by atoms with Crippen LogP contribution in [0.25, 0.3) is 5.69 Å². The van der Waals surface area contributed by atoms with Gasteiger partial charge >= 0.3 is 0 Å². The average Bonchev–Trinajstić information content (AvgIpc) is 2.86. The number of carbonyl (C=O) groups is 1. The van der Waals surface area contributed by atoms with Crippen LogP contribution in [0.2, 0.25) is 5.02 Å². The number of nitrogens with two attached hydrogens (primary N) is 2. The fourth-order valence-corrected chi connectivity index (χ4v) is 2.54. The summed E-state index contributed by atoms with van der Waals surface area (Å²) in [5.41, 5.74) is 15.7. The van der Waals surface area contributed by atoms with Crippen LogP contribution in [0, 0.1) is 13.8 Å². The largest absolute Gasteiger partial charge is 0.394 e. The lowest BCUT2D eigenvalue weighted by Crippen LogP contribution is -2.06. The standard InChI is InChI=1S/C18H17ClN4O/c1-10-3-4-12(9-11(10)2)17(24)16-15(20)18(21)23(22-16)14-7-5-13(19)6-8-14/h3-9H,20-21H2,1-2H3. The van der Waals surface area contributed by atoms with Crippen molar-refractivity contribution in [1.82, 2.24) is 9.78 Å². The fraction of sp³-hybridized carbons (Fsp3) is 0.111. The fourth-order valence-electron chi connectivity index (χ4n) is 2.41. The maximum absolute atomic E-state index is 12.7. The Kier molecular flexibility index (Phi) is 4.03. The van der Waals surface area contributed by atoms with Gasteiger partial charge in [-0.3, -0.25) is 4.79 Å². The normalized spacial score (nSPS) is 10.8. The Balaban J connectivity index is 2.05. The van der Waals surface area contributed by atoms with Gasteiger partial charge in [0.2, 0.25) is 5.78 Å². The highest BCUT2D eigenvalue weighted by Crippen LogP contribution is 2.26. The van der Waals surface area contributed by atoms with Gasteiger partial charge < -0.3 is 11.5 Å². The first-order valence-corrected chi connectivity index (χ1v) is 7.78. The zero-order valence-electron chi connectivity index (χ0n) is 13.4. The number of anilines is 2. The van der Waals surface area contributed by atoms with Gasteiger partial charge in [0.05, 0.1) is 5.69 Å². The predicted molar refractivity (Wildman–Crippen MR) is 96.7 cm³/mol. The first-order valence-electron chi connectivity index (χ1n) is 7.40. The average molecular weight is 341 g/mol. The number of nitrogens with zero attached hydrogens (tertiary/aromatic N) is 2. The minimum atomic E-state index is -0.255. The molecule has 24 heavy (non-hydrogen) atoms. The summed E-state index contributed by atoms with van der Waals surface area (Å²) >= 11 is 5.89. The molecule has 5 nitrogen and oxygen atoms in total. The molecular weight excluding hydrogens is 324 g/mol. The molecule has 1 aromatic heterocycles. The summed E-state index contributed by atoms with van der Waals surface area (Å²) in [5, 5.41) is 4.91. The molecule has 0 aliphatic heterocycles. The van der Waals surface area contributed by atoms with E-state index in [1.54, 1.807) is 30.3 Å². The van der Waals surface area contributed by atoms with Gasteiger partial charge in [-0.25, -0.2) is 4.68 Å². The maximum atomic E-state index is 12.7. The first-order chi connectivity index (χ1) is 11.4. The maximum Gasteiger partial charge on any atom is 0.215 e. The van der Waals surface area contributed by atoms with Gasteiger partial charge in [0.25, 0.3) is 0 Å². The Labute approximate surface area is 144 Å². The van der Waals surface area contributed by atoms with E-state index in [9.17, 15) is 4.79 Å². The Hall–Kier alpha value is -2.79. The lowest BCUT2D eigenvalue weighted by molar-refractivity contribution is 0.103. The van der Waals surface area contributed by atoms with Gasteiger partial charge in [-0.05, 0) is 55.3 Å². The number of aromatic nitrogens is 2. The van der Waals surface area contributed by atoms with Gasteiger partial charge in [0.15, 0.2) is 11.5 Å². The molecule has 0 saturated heterocycles. The number of hydrogen-bond acceptors (Lipinski definition) is 4. The molecule has 1 heterocycles. The summed E-state index contributed by atoms with van der Waals surface area (Å²) in [5.74, 6) is -0.0282. The Morgan fingerprint density at radius 1 is 1.04 bits per heavy atom. The van der Waals surface area contributed by atoms with Crippen molar-refractivity contribution in [3.63, 3.8) is 0 Å². The molecule has 0 unspecified atom stereocenters. The van der Waals surface area contributed by atoms with Crippen molar-refractivity contribution < 1.29 is 4.79 Å². The number of carbonyl (C=O) groups excluding carboxylic acids is 1. The Morgan fingerprint density at radius 3 is 2.33 bits per heavy atom. The number of rotatable bonds is 3. The molecule has 0 fully saturated rings. The number of benzene rings is 2. The molecule has 2 aromatic carbocycles. The van der Waals surface area contributed by atoms with Crippen LogP contribution in [0.3, 0.4) is 0 Å². The summed E-state index contributed by atoms with van der Waals surface area (Å²) in [6.45, 7) is 3.95. The van der Waals surface area contributed by atoms with Gasteiger partial charge in [-0.1, -0.05) is 23.7 Å². The van der Waals surface area contributed by atoms with Crippen molar-refractivity contribution in [2.45, 2.75) is 13.8 Å². The van der Waals surface area contributed by atoms with Gasteiger partial charge in [-0.2, -0.15) is 5.10 Å². The lowest BCUT2D eigenvalue weighted by Gasteiger charge is -2.04. The topological polar surface area (TPSA) is 86.9 Å². The molecule has 0 spiro atoms. The highest BCUT2D eigenvalue weighted by Gasteiger charge is 2.21. The number of aryl methyl sites for hydroxylation is 2. The molecule has 0 saturated carbocycles. The minimum Gasteiger partial charge on any atom is -0.394 e. The van der Waals surface area contributed by atoms with Crippen molar-refractivity contribution in [3.8, 4) is 5.69 Å². The lowest BCUT2D eigenvalue weighted by atomic mass is 10.0. The monoisotopic (exact) mass is 340 g/mol. The molecule has 0 bridgehead atoms. The van der Waals surface area contributed by atoms with Crippen molar-refractivity contribution in [2.24, 2.45) is 0 Å². The van der Waals surface area contributed by atoms with Crippen LogP contribution in [0.1, 0.15) is 27.2 Å². The zero-order valence-corrected chi connectivity index (χ0v) is 14.1. The van der Waals surface area contributed by atoms with Crippen molar-refractivity contribution in [2.75, 3.05) is 11.5 Å². The first kappa shape index (κ1) is 16.1. The van der Waals surface area contributed by atoms with Crippen LogP contribution in [0.5, 0.6) is 0 Å². The molecule has 6 heteroatoms. The van der Waals surface area contributed by atoms with E-state index in [0.29, 0.717) is 16.3 Å². The van der Waals surface area contributed by atoms with Crippen LogP contribution in [0.15, 0.2) is 42.5 Å². The van der Waals surface area contributed by atoms with Crippen LogP contribution in [-0.2, 0) is 0 Å². The number of halogens is 1. The van der Waals surface area contributed by atoms with Crippen LogP contribution < -0.4 is 11.5 Å². The second-order valence-corrected chi connectivity index (χ2v) is 6.10. The summed E-state index contributed by atoms with van der Waals surface area (Å²) in [6.07, 6.45) is 0. The summed E-state index contributed by atoms with van der Waals surface area (Å²) < 4.78 is 1.44. The SMILES string of the molecule is Cc1ccc(C(=O)c2nn(-c3ccc(Cl)cc3)c(N)c2N)cc1C. The molecule has 122 valence electrons. The Bertz CT molecular complexity index is 929. The van der Waals surface area contributed by atoms with E-state index in [2.05, 4.69) is 5.10 Å². The van der Waals surface area contributed by atoms with Crippen molar-refractivity contribution in [1.29, 1.82) is 0 Å². The molecule has 0 amide bonds. The summed E-state index contributed by atoms with van der Waals surface area (Å²) in [6, 6.07) is 12.5. The Morgan fingerprint density at radius 2 is 1.71 bits per heavy atom. The van der Waals surface area contributed by atoms with Gasteiger partial charge in [0.1, 0.15) is 5.69 Å². The van der Waals surface area contributed by atoms with E-state index < -0.39 is 0 Å². The molecule has 3 rings (SSSR count). The predicted octanol–water partition coefficient (Wildman–Crippen LogP) is 3.54. The van der Waals surface area contributed by atoms with Crippen LogP contribution in [0.4, 0.5) is 11.5 Å². The third-order valence-electron chi connectivity index (χ3n) is 4.01. The number of nitrogen functional groups attached to an aromatic ring is 2. The second-order valence-electron chi connectivity index (χ2n) is 5.66. The zero-order chi connectivity index (χ0) is 17.4. The minimum absolute atomic E-state index is 0.144. The van der Waals surface area contributed by atoms with Gasteiger partial charge in [0, 0.05) is 10.6 Å².